The van der Waals surface area contributed by atoms with Crippen LogP contribution in [0.3, 0.4) is 0 Å². The monoisotopic (exact) mass is 428 g/mol. The molecule has 0 spiro atoms. The second-order valence-electron chi connectivity index (χ2n) is 9.19. The number of piperidine rings is 1. The third-order valence-corrected chi connectivity index (χ3v) is 6.15. The highest BCUT2D eigenvalue weighted by Crippen LogP contribution is 2.28. The van der Waals surface area contributed by atoms with Crippen molar-refractivity contribution >= 4 is 17.4 Å². The smallest absolute Gasteiger partial charge is 0.215 e. The van der Waals surface area contributed by atoms with E-state index >= 15 is 0 Å². The molecule has 5 heteroatoms. The number of benzene rings is 1. The van der Waals surface area contributed by atoms with Crippen LogP contribution in [-0.4, -0.2) is 28.8 Å². The van der Waals surface area contributed by atoms with Gasteiger partial charge in [-0.15, -0.1) is 0 Å². The number of carbonyl (C=O) groups is 1. The quantitative estimate of drug-likeness (QED) is 0.527. The first-order valence-electron chi connectivity index (χ1n) is 11.5. The molecule has 32 heavy (non-hydrogen) atoms. The van der Waals surface area contributed by atoms with Crippen molar-refractivity contribution in [1.29, 1.82) is 0 Å². The number of nitrogens with two attached hydrogens (primary N) is 1. The first-order chi connectivity index (χ1) is 15.5. The Kier molecular flexibility index (Phi) is 6.84. The lowest BCUT2D eigenvalue weighted by molar-refractivity contribution is 0.103. The van der Waals surface area contributed by atoms with Gasteiger partial charge in [-0.25, -0.2) is 9.97 Å². The molecule has 0 radical (unpaired) electrons. The van der Waals surface area contributed by atoms with Crippen LogP contribution in [0.5, 0.6) is 0 Å². The van der Waals surface area contributed by atoms with Crippen LogP contribution in [0, 0.1) is 11.8 Å². The fourth-order valence-electron chi connectivity index (χ4n) is 4.68. The maximum atomic E-state index is 13.5. The van der Waals surface area contributed by atoms with Crippen LogP contribution < -0.4 is 10.6 Å². The molecule has 166 valence electrons. The zero-order chi connectivity index (χ0) is 22.5. The molecule has 5 nitrogen and oxygen atoms in total. The Morgan fingerprint density at radius 2 is 1.94 bits per heavy atom. The first-order valence-corrected chi connectivity index (χ1v) is 11.5. The van der Waals surface area contributed by atoms with Gasteiger partial charge in [0.25, 0.3) is 0 Å². The highest BCUT2D eigenvalue weighted by Gasteiger charge is 2.24. The van der Waals surface area contributed by atoms with Gasteiger partial charge >= 0.3 is 0 Å². The number of nitrogen functional groups attached to an aromatic ring is 1. The maximum Gasteiger partial charge on any atom is 0.215 e. The summed E-state index contributed by atoms with van der Waals surface area (Å²) in [4.78, 5) is 24.9. The molecule has 0 saturated carbocycles. The summed E-state index contributed by atoms with van der Waals surface area (Å²) in [6, 6.07) is 17.8. The van der Waals surface area contributed by atoms with Crippen molar-refractivity contribution in [2.45, 2.75) is 39.5 Å². The lowest BCUT2D eigenvalue weighted by Gasteiger charge is -2.34. The topological polar surface area (TPSA) is 72.1 Å². The van der Waals surface area contributed by atoms with Gasteiger partial charge in [0.1, 0.15) is 17.3 Å². The summed E-state index contributed by atoms with van der Waals surface area (Å²) in [6.07, 6.45) is 5.89. The van der Waals surface area contributed by atoms with Crippen LogP contribution in [0.25, 0.3) is 0 Å². The van der Waals surface area contributed by atoms with E-state index in [0.717, 1.165) is 36.5 Å². The normalized spacial score (nSPS) is 16.3. The van der Waals surface area contributed by atoms with Crippen molar-refractivity contribution in [3.63, 3.8) is 0 Å². The van der Waals surface area contributed by atoms with E-state index in [2.05, 4.69) is 48.0 Å². The van der Waals surface area contributed by atoms with Crippen molar-refractivity contribution in [2.75, 3.05) is 23.7 Å². The van der Waals surface area contributed by atoms with Crippen LogP contribution in [-0.2, 0) is 6.42 Å². The zero-order valence-corrected chi connectivity index (χ0v) is 19.0. The molecule has 4 rings (SSSR count). The number of anilines is 2. The summed E-state index contributed by atoms with van der Waals surface area (Å²) < 4.78 is 0. The second kappa shape index (κ2) is 9.94. The highest BCUT2D eigenvalue weighted by atomic mass is 16.1. The molecular formula is C27H32N4O. The fourth-order valence-corrected chi connectivity index (χ4v) is 4.68. The van der Waals surface area contributed by atoms with E-state index in [0.29, 0.717) is 29.5 Å². The minimum Gasteiger partial charge on any atom is -0.383 e. The number of aromatic nitrogens is 2. The molecule has 1 fully saturated rings. The molecule has 1 saturated heterocycles. The van der Waals surface area contributed by atoms with Crippen LogP contribution in [0.4, 0.5) is 11.6 Å². The Morgan fingerprint density at radius 3 is 2.69 bits per heavy atom. The van der Waals surface area contributed by atoms with Gasteiger partial charge in [-0.3, -0.25) is 4.79 Å². The third kappa shape index (κ3) is 5.16. The Morgan fingerprint density at radius 1 is 1.12 bits per heavy atom. The highest BCUT2D eigenvalue weighted by molar-refractivity contribution is 6.11. The molecule has 0 unspecified atom stereocenters. The SMILES string of the molecule is CC(C)C[C@@H]1CCCN(c2ccc(Cc3ccccc3)c(C(=O)c3cccnc3N)n2)C1. The molecule has 0 bridgehead atoms. The average molecular weight is 429 g/mol. The van der Waals surface area contributed by atoms with E-state index in [-0.39, 0.29) is 11.6 Å². The molecule has 2 aromatic heterocycles. The van der Waals surface area contributed by atoms with Gasteiger partial charge in [0.05, 0.1) is 5.56 Å². The van der Waals surface area contributed by atoms with E-state index < -0.39 is 0 Å². The van der Waals surface area contributed by atoms with E-state index in [1.165, 1.54) is 12.8 Å². The fraction of sp³-hybridized carbons (Fsp3) is 0.370. The zero-order valence-electron chi connectivity index (χ0n) is 19.0. The number of nitrogens with zero attached hydrogens (tertiary/aromatic N) is 3. The van der Waals surface area contributed by atoms with E-state index in [1.807, 2.05) is 18.2 Å². The first kappa shape index (κ1) is 22.0. The number of ketones is 1. The van der Waals surface area contributed by atoms with Crippen molar-refractivity contribution < 1.29 is 4.79 Å². The van der Waals surface area contributed by atoms with Gasteiger partial charge in [-0.05, 0) is 66.8 Å². The molecule has 3 aromatic rings. The van der Waals surface area contributed by atoms with Gasteiger partial charge in [0.2, 0.25) is 5.78 Å². The lowest BCUT2D eigenvalue weighted by Crippen LogP contribution is -2.36. The molecule has 0 amide bonds. The van der Waals surface area contributed by atoms with Gasteiger partial charge in [0, 0.05) is 19.3 Å². The molecular weight excluding hydrogens is 396 g/mol. The maximum absolute atomic E-state index is 13.5. The van der Waals surface area contributed by atoms with Crippen molar-refractivity contribution in [1.82, 2.24) is 9.97 Å². The predicted molar refractivity (Wildman–Crippen MR) is 130 cm³/mol. The van der Waals surface area contributed by atoms with Gasteiger partial charge in [0.15, 0.2) is 0 Å². The molecule has 3 heterocycles. The van der Waals surface area contributed by atoms with Crippen LogP contribution in [0.15, 0.2) is 60.8 Å². The Bertz CT molecular complexity index is 1060. The molecule has 1 aliphatic rings. The largest absolute Gasteiger partial charge is 0.383 e. The van der Waals surface area contributed by atoms with E-state index in [9.17, 15) is 4.79 Å². The Labute approximate surface area is 190 Å². The Hall–Kier alpha value is -3.21. The number of pyridine rings is 2. The summed E-state index contributed by atoms with van der Waals surface area (Å²) in [6.45, 7) is 6.53. The minimum atomic E-state index is -0.167. The van der Waals surface area contributed by atoms with Crippen molar-refractivity contribution in [3.05, 3.63) is 83.2 Å². The molecule has 0 aliphatic carbocycles. The van der Waals surface area contributed by atoms with E-state index in [4.69, 9.17) is 10.7 Å². The number of hydrogen-bond donors (Lipinski definition) is 1. The van der Waals surface area contributed by atoms with Crippen molar-refractivity contribution in [2.24, 2.45) is 11.8 Å². The molecule has 1 aromatic carbocycles. The summed E-state index contributed by atoms with van der Waals surface area (Å²) in [7, 11) is 0. The molecule has 1 aliphatic heterocycles. The summed E-state index contributed by atoms with van der Waals surface area (Å²) in [5.74, 6) is 2.31. The molecule has 1 atom stereocenters. The predicted octanol–water partition coefficient (Wildman–Crippen LogP) is 5.14. The number of hydrogen-bond acceptors (Lipinski definition) is 5. The summed E-state index contributed by atoms with van der Waals surface area (Å²) >= 11 is 0. The van der Waals surface area contributed by atoms with Crippen LogP contribution >= 0.6 is 0 Å². The standard InChI is InChI=1S/C27H32N4O/c1-19(2)16-21-10-7-15-31(18-21)24-13-12-22(17-20-8-4-3-5-9-20)25(30-24)26(32)23-11-6-14-29-27(23)28/h3-6,8-9,11-14,19,21H,7,10,15-18H2,1-2H3,(H2,28,29)/t21-/m0/s1. The van der Waals surface area contributed by atoms with Gasteiger partial charge < -0.3 is 10.6 Å². The van der Waals surface area contributed by atoms with Gasteiger partial charge in [-0.1, -0.05) is 50.2 Å². The van der Waals surface area contributed by atoms with Crippen molar-refractivity contribution in [3.8, 4) is 0 Å². The van der Waals surface area contributed by atoms with Crippen LogP contribution in [0.1, 0.15) is 60.3 Å². The van der Waals surface area contributed by atoms with Gasteiger partial charge in [-0.2, -0.15) is 0 Å². The Balaban J connectivity index is 1.69. The molecule has 2 N–H and O–H groups in total. The second-order valence-corrected chi connectivity index (χ2v) is 9.19. The summed E-state index contributed by atoms with van der Waals surface area (Å²) in [5, 5.41) is 0. The average Bonchev–Trinajstić information content (AvgIpc) is 2.80. The van der Waals surface area contributed by atoms with Crippen LogP contribution in [0.2, 0.25) is 0 Å². The lowest BCUT2D eigenvalue weighted by atomic mass is 9.89. The summed E-state index contributed by atoms with van der Waals surface area (Å²) in [5.41, 5.74) is 8.96. The third-order valence-electron chi connectivity index (χ3n) is 6.15. The number of rotatable bonds is 7. The minimum absolute atomic E-state index is 0.167. The number of carbonyl (C=O) groups excluding carboxylic acids is 1. The van der Waals surface area contributed by atoms with E-state index in [1.54, 1.807) is 18.3 Å².